The fraction of sp³-hybridized carbons (Fsp3) is 0.458. The summed E-state index contributed by atoms with van der Waals surface area (Å²) < 4.78 is 42.3. The first-order chi connectivity index (χ1) is 15.9. The van der Waals surface area contributed by atoms with Crippen LogP contribution in [-0.2, 0) is 11.7 Å². The zero-order valence-corrected chi connectivity index (χ0v) is 20.4. The molecular formula is C24H28ClF3N6. The molecule has 2 heterocycles. The fourth-order valence-electron chi connectivity index (χ4n) is 4.39. The van der Waals surface area contributed by atoms with Gasteiger partial charge >= 0.3 is 6.18 Å². The number of alkyl halides is 3. The SMILES string of the molecule is Cc1ccc(Cl)cc1N1CCN([C@H](c2cccc(C(F)(F)F)c2)c2nnnn2C(C)(C)C)CC1. The van der Waals surface area contributed by atoms with Crippen molar-refractivity contribution < 1.29 is 13.2 Å². The molecule has 0 saturated carbocycles. The van der Waals surface area contributed by atoms with Gasteiger partial charge in [-0.1, -0.05) is 29.8 Å². The normalized spacial score (nSPS) is 16.6. The van der Waals surface area contributed by atoms with Gasteiger partial charge in [0.25, 0.3) is 0 Å². The minimum Gasteiger partial charge on any atom is -0.369 e. The predicted octanol–water partition coefficient (Wildman–Crippen LogP) is 5.32. The Kier molecular flexibility index (Phi) is 6.61. The Morgan fingerprint density at radius 2 is 1.68 bits per heavy atom. The molecule has 1 atom stereocenters. The summed E-state index contributed by atoms with van der Waals surface area (Å²) in [7, 11) is 0. The van der Waals surface area contributed by atoms with Crippen LogP contribution in [0.4, 0.5) is 18.9 Å². The van der Waals surface area contributed by atoms with Crippen molar-refractivity contribution in [2.75, 3.05) is 31.1 Å². The van der Waals surface area contributed by atoms with Gasteiger partial charge < -0.3 is 4.90 Å². The number of aryl methyl sites for hydroxylation is 1. The summed E-state index contributed by atoms with van der Waals surface area (Å²) in [6, 6.07) is 10.8. The molecule has 1 saturated heterocycles. The number of hydrogen-bond acceptors (Lipinski definition) is 5. The molecule has 0 N–H and O–H groups in total. The van der Waals surface area contributed by atoms with E-state index in [2.05, 4.69) is 25.3 Å². The molecule has 4 rings (SSSR count). The summed E-state index contributed by atoms with van der Waals surface area (Å²) in [6.07, 6.45) is -4.43. The van der Waals surface area contributed by atoms with E-state index in [1.807, 2.05) is 45.9 Å². The quantitative estimate of drug-likeness (QED) is 0.493. The second kappa shape index (κ2) is 9.19. The Balaban J connectivity index is 1.69. The molecule has 0 unspecified atom stereocenters. The Labute approximate surface area is 202 Å². The van der Waals surface area contributed by atoms with Crippen LogP contribution in [0.5, 0.6) is 0 Å². The van der Waals surface area contributed by atoms with Gasteiger partial charge in [-0.05, 0) is 73.5 Å². The van der Waals surface area contributed by atoms with Gasteiger partial charge in [0.2, 0.25) is 0 Å². The molecule has 0 aliphatic carbocycles. The van der Waals surface area contributed by atoms with Crippen molar-refractivity contribution in [3.63, 3.8) is 0 Å². The highest BCUT2D eigenvalue weighted by molar-refractivity contribution is 6.30. The lowest BCUT2D eigenvalue weighted by atomic mass is 9.99. The first-order valence-corrected chi connectivity index (χ1v) is 11.5. The third-order valence-corrected chi connectivity index (χ3v) is 6.33. The van der Waals surface area contributed by atoms with Gasteiger partial charge in [-0.25, -0.2) is 4.68 Å². The highest BCUT2D eigenvalue weighted by Gasteiger charge is 2.36. The van der Waals surface area contributed by atoms with Gasteiger partial charge in [0, 0.05) is 36.9 Å². The zero-order valence-electron chi connectivity index (χ0n) is 19.6. The zero-order chi connectivity index (χ0) is 24.7. The van der Waals surface area contributed by atoms with Gasteiger partial charge in [-0.2, -0.15) is 13.2 Å². The second-order valence-electron chi connectivity index (χ2n) is 9.60. The summed E-state index contributed by atoms with van der Waals surface area (Å²) in [5, 5.41) is 13.0. The molecule has 10 heteroatoms. The highest BCUT2D eigenvalue weighted by atomic mass is 35.5. The highest BCUT2D eigenvalue weighted by Crippen LogP contribution is 2.36. The van der Waals surface area contributed by atoms with E-state index < -0.39 is 23.3 Å². The topological polar surface area (TPSA) is 50.1 Å². The molecule has 2 aromatic carbocycles. The molecule has 1 aromatic heterocycles. The van der Waals surface area contributed by atoms with Crippen LogP contribution in [0.2, 0.25) is 5.02 Å². The molecule has 34 heavy (non-hydrogen) atoms. The number of nitrogens with zero attached hydrogens (tertiary/aromatic N) is 6. The molecule has 1 fully saturated rings. The molecule has 0 radical (unpaired) electrons. The second-order valence-corrected chi connectivity index (χ2v) is 10.0. The Bertz CT molecular complexity index is 1150. The number of hydrogen-bond donors (Lipinski definition) is 0. The Morgan fingerprint density at radius 1 is 0.971 bits per heavy atom. The van der Waals surface area contributed by atoms with Crippen molar-refractivity contribution >= 4 is 17.3 Å². The molecule has 0 bridgehead atoms. The smallest absolute Gasteiger partial charge is 0.369 e. The molecule has 1 aliphatic heterocycles. The van der Waals surface area contributed by atoms with Crippen LogP contribution < -0.4 is 4.90 Å². The van der Waals surface area contributed by atoms with Crippen molar-refractivity contribution in [1.29, 1.82) is 0 Å². The fourth-order valence-corrected chi connectivity index (χ4v) is 4.56. The predicted molar refractivity (Wildman–Crippen MR) is 126 cm³/mol. The van der Waals surface area contributed by atoms with E-state index in [4.69, 9.17) is 11.6 Å². The summed E-state index contributed by atoms with van der Waals surface area (Å²) in [5.41, 5.74) is 1.60. The van der Waals surface area contributed by atoms with Gasteiger partial charge in [-0.3, -0.25) is 4.90 Å². The summed E-state index contributed by atoms with van der Waals surface area (Å²) in [6.45, 7) is 10.6. The van der Waals surface area contributed by atoms with E-state index in [9.17, 15) is 13.2 Å². The van der Waals surface area contributed by atoms with E-state index >= 15 is 0 Å². The average molecular weight is 493 g/mol. The molecule has 0 spiro atoms. The van der Waals surface area contributed by atoms with Crippen LogP contribution in [-0.4, -0.2) is 51.3 Å². The lowest BCUT2D eigenvalue weighted by Gasteiger charge is -2.41. The number of aromatic nitrogens is 4. The largest absolute Gasteiger partial charge is 0.416 e. The van der Waals surface area contributed by atoms with Crippen LogP contribution in [0, 0.1) is 6.92 Å². The summed E-state index contributed by atoms with van der Waals surface area (Å²) in [5.74, 6) is 0.527. The van der Waals surface area contributed by atoms with E-state index in [1.165, 1.54) is 12.1 Å². The van der Waals surface area contributed by atoms with Crippen LogP contribution >= 0.6 is 11.6 Å². The number of piperazine rings is 1. The van der Waals surface area contributed by atoms with E-state index in [0.717, 1.165) is 17.3 Å². The van der Waals surface area contributed by atoms with Crippen molar-refractivity contribution in [2.24, 2.45) is 0 Å². The monoisotopic (exact) mass is 492 g/mol. The lowest BCUT2D eigenvalue weighted by Crippen LogP contribution is -2.49. The van der Waals surface area contributed by atoms with E-state index in [-0.39, 0.29) is 0 Å². The minimum atomic E-state index is -4.43. The van der Waals surface area contributed by atoms with E-state index in [0.29, 0.717) is 42.6 Å². The number of benzene rings is 2. The molecule has 1 aliphatic rings. The molecular weight excluding hydrogens is 465 g/mol. The first kappa shape index (κ1) is 24.5. The molecule has 182 valence electrons. The lowest BCUT2D eigenvalue weighted by molar-refractivity contribution is -0.137. The van der Waals surface area contributed by atoms with Crippen LogP contribution in [0.1, 0.15) is 49.3 Å². The Hall–Kier alpha value is -2.65. The van der Waals surface area contributed by atoms with Gasteiger partial charge in [0.15, 0.2) is 5.82 Å². The van der Waals surface area contributed by atoms with Gasteiger partial charge in [0.05, 0.1) is 17.1 Å². The first-order valence-electron chi connectivity index (χ1n) is 11.2. The van der Waals surface area contributed by atoms with E-state index in [1.54, 1.807) is 10.7 Å². The van der Waals surface area contributed by atoms with Gasteiger partial charge in [0.1, 0.15) is 0 Å². The maximum atomic E-state index is 13.5. The maximum Gasteiger partial charge on any atom is 0.416 e. The van der Waals surface area contributed by atoms with Crippen LogP contribution in [0.15, 0.2) is 42.5 Å². The van der Waals surface area contributed by atoms with Crippen LogP contribution in [0.3, 0.4) is 0 Å². The van der Waals surface area contributed by atoms with Crippen molar-refractivity contribution in [1.82, 2.24) is 25.1 Å². The maximum absolute atomic E-state index is 13.5. The number of tetrazole rings is 1. The number of anilines is 1. The number of rotatable bonds is 4. The molecule has 6 nitrogen and oxygen atoms in total. The van der Waals surface area contributed by atoms with Crippen molar-refractivity contribution in [2.45, 2.75) is 45.5 Å². The van der Waals surface area contributed by atoms with Crippen molar-refractivity contribution in [3.05, 3.63) is 70.0 Å². The third kappa shape index (κ3) is 5.05. The van der Waals surface area contributed by atoms with Crippen LogP contribution in [0.25, 0.3) is 0 Å². The van der Waals surface area contributed by atoms with Gasteiger partial charge in [-0.15, -0.1) is 5.10 Å². The minimum absolute atomic E-state index is 0.432. The number of halogens is 4. The summed E-state index contributed by atoms with van der Waals surface area (Å²) >= 11 is 6.22. The molecule has 0 amide bonds. The summed E-state index contributed by atoms with van der Waals surface area (Å²) in [4.78, 5) is 4.41. The third-order valence-electron chi connectivity index (χ3n) is 6.09. The molecule has 3 aromatic rings. The standard InChI is InChI=1S/C24H28ClF3N6/c1-16-8-9-19(25)15-20(16)32-10-12-33(13-11-32)21(22-29-30-31-34(22)23(2,3)4)17-6-5-7-18(14-17)24(26,27)28/h5-9,14-15,21H,10-13H2,1-4H3/t21-/m1/s1. The van der Waals surface area contributed by atoms with Crippen molar-refractivity contribution in [3.8, 4) is 0 Å². The average Bonchev–Trinajstić information content (AvgIpc) is 3.26. The Morgan fingerprint density at radius 3 is 2.32 bits per heavy atom.